The average Bonchev–Trinajstić information content (AvgIpc) is 3.56. The summed E-state index contributed by atoms with van der Waals surface area (Å²) in [5.74, 6) is 1.40. The second-order valence-electron chi connectivity index (χ2n) is 7.63. The predicted molar refractivity (Wildman–Crippen MR) is 129 cm³/mol. The predicted octanol–water partition coefficient (Wildman–Crippen LogP) is 2.79. The van der Waals surface area contributed by atoms with Gasteiger partial charge in [0.25, 0.3) is 0 Å². The largest absolute Gasteiger partial charge is 0.591 e. The Morgan fingerprint density at radius 1 is 1.22 bits per heavy atom. The van der Waals surface area contributed by atoms with E-state index >= 15 is 0 Å². The van der Waals surface area contributed by atoms with Crippen molar-refractivity contribution >= 4 is 47.1 Å². The Morgan fingerprint density at radius 2 is 1.88 bits per heavy atom. The van der Waals surface area contributed by atoms with Gasteiger partial charge < -0.3 is 20.4 Å². The summed E-state index contributed by atoms with van der Waals surface area (Å²) in [6.07, 6.45) is 1.73. The van der Waals surface area contributed by atoms with Crippen LogP contribution in [0.15, 0.2) is 53.0 Å². The van der Waals surface area contributed by atoms with Crippen molar-refractivity contribution < 1.29 is 19.0 Å². The van der Waals surface area contributed by atoms with E-state index in [0.717, 1.165) is 42.8 Å². The molecule has 3 unspecified atom stereocenters. The molecule has 4 rings (SSSR count). The molecule has 2 aliphatic rings. The molecule has 2 N–H and O–H groups in total. The van der Waals surface area contributed by atoms with Gasteiger partial charge in [-0.15, -0.1) is 0 Å². The molecule has 1 aliphatic carbocycles. The molecule has 0 bridgehead atoms. The molecular weight excluding hydrogens is 493 g/mol. The van der Waals surface area contributed by atoms with Crippen LogP contribution in [0.4, 0.5) is 5.69 Å². The second kappa shape index (κ2) is 13.4. The lowest BCUT2D eigenvalue weighted by atomic mass is 10.2. The first-order chi connectivity index (χ1) is 15.3. The molecule has 32 heavy (non-hydrogen) atoms. The van der Waals surface area contributed by atoms with E-state index in [1.54, 1.807) is 6.07 Å². The van der Waals surface area contributed by atoms with E-state index in [1.165, 1.54) is 18.2 Å². The highest BCUT2D eigenvalue weighted by atomic mass is 79.9. The molecule has 7 nitrogen and oxygen atoms in total. The Morgan fingerprint density at radius 3 is 2.38 bits per heavy atom. The number of halogens is 1. The van der Waals surface area contributed by atoms with Crippen molar-refractivity contribution in [3.63, 3.8) is 0 Å². The molecule has 1 aliphatic heterocycles. The molecule has 0 aromatic heterocycles. The summed E-state index contributed by atoms with van der Waals surface area (Å²) in [5.41, 5.74) is 1.51. The third-order valence-electron chi connectivity index (χ3n) is 5.19. The molecule has 2 fully saturated rings. The Kier molecular flexibility index (Phi) is 11.0. The number of carbonyl (C=O) groups excluding carboxylic acids is 2. The molecule has 1 saturated carbocycles. The van der Waals surface area contributed by atoms with Crippen molar-refractivity contribution in [3.05, 3.63) is 58.6 Å². The molecule has 1 heterocycles. The fourth-order valence-electron chi connectivity index (χ4n) is 3.14. The molecule has 2 aromatic carbocycles. The first-order valence-corrected chi connectivity index (χ1v) is 12.4. The molecule has 3 atom stereocenters. The number of benzene rings is 2. The zero-order valence-electron chi connectivity index (χ0n) is 18.3. The van der Waals surface area contributed by atoms with E-state index in [9.17, 15) is 19.0 Å². The van der Waals surface area contributed by atoms with Crippen LogP contribution in [-0.2, 0) is 9.36 Å². The first-order valence-electron chi connectivity index (χ1n) is 10.5. The van der Waals surface area contributed by atoms with E-state index in [0.29, 0.717) is 29.6 Å². The maximum atomic E-state index is 11.7. The van der Waals surface area contributed by atoms with Crippen LogP contribution in [-0.4, -0.2) is 50.3 Å². The number of rotatable bonds is 4. The summed E-state index contributed by atoms with van der Waals surface area (Å²) in [7, 11) is -0.672. The average molecular weight is 522 g/mol. The Labute approximate surface area is 198 Å². The molecule has 1 saturated heterocycles. The third-order valence-corrected chi connectivity index (χ3v) is 6.38. The minimum Gasteiger partial charge on any atom is -0.591 e. The SMILES string of the molecule is CC1CC1C(=O)N1CCNCC1.CNc1cccc(Br)c1.O=Cc1cccc([P+](=O)[O-])c1. The number of piperazine rings is 1. The van der Waals surface area contributed by atoms with Crippen LogP contribution >= 0.6 is 24.0 Å². The van der Waals surface area contributed by atoms with Gasteiger partial charge in [0.05, 0.1) is 0 Å². The maximum absolute atomic E-state index is 11.7. The van der Waals surface area contributed by atoms with Gasteiger partial charge in [-0.3, -0.25) is 9.59 Å². The number of hydrogen-bond acceptors (Lipinski definition) is 6. The van der Waals surface area contributed by atoms with Gasteiger partial charge in [0, 0.05) is 60.9 Å². The molecule has 1 amide bonds. The summed E-state index contributed by atoms with van der Waals surface area (Å²) < 4.78 is 11.5. The summed E-state index contributed by atoms with van der Waals surface area (Å²) in [6.45, 7) is 5.90. The first kappa shape index (κ1) is 26.1. The maximum Gasteiger partial charge on any atom is 0.348 e. The number of aldehydes is 1. The van der Waals surface area contributed by atoms with E-state index in [-0.39, 0.29) is 5.30 Å². The van der Waals surface area contributed by atoms with Crippen molar-refractivity contribution in [2.24, 2.45) is 11.8 Å². The van der Waals surface area contributed by atoms with Crippen molar-refractivity contribution in [1.82, 2.24) is 10.2 Å². The zero-order valence-corrected chi connectivity index (χ0v) is 20.8. The minimum atomic E-state index is -2.58. The molecule has 0 spiro atoms. The molecule has 9 heteroatoms. The summed E-state index contributed by atoms with van der Waals surface area (Å²) in [4.78, 5) is 34.2. The second-order valence-corrected chi connectivity index (χ2v) is 9.57. The van der Waals surface area contributed by atoms with Gasteiger partial charge in [-0.05, 0) is 36.6 Å². The van der Waals surface area contributed by atoms with E-state index in [1.807, 2.05) is 36.2 Å². The number of carbonyl (C=O) groups is 2. The van der Waals surface area contributed by atoms with Crippen LogP contribution in [0.2, 0.25) is 0 Å². The fourth-order valence-corrected chi connectivity index (χ4v) is 4.00. The van der Waals surface area contributed by atoms with Crippen LogP contribution in [0.5, 0.6) is 0 Å². The monoisotopic (exact) mass is 521 g/mol. The number of nitrogens with zero attached hydrogens (tertiary/aromatic N) is 1. The van der Waals surface area contributed by atoms with Gasteiger partial charge in [0.2, 0.25) is 5.91 Å². The highest BCUT2D eigenvalue weighted by Crippen LogP contribution is 2.39. The number of anilines is 1. The number of nitrogens with one attached hydrogen (secondary N) is 2. The van der Waals surface area contributed by atoms with Crippen LogP contribution < -0.4 is 20.8 Å². The van der Waals surface area contributed by atoms with Crippen molar-refractivity contribution in [3.8, 4) is 0 Å². The van der Waals surface area contributed by atoms with Gasteiger partial charge in [0.15, 0.2) is 5.30 Å². The highest BCUT2D eigenvalue weighted by Gasteiger charge is 2.41. The van der Waals surface area contributed by atoms with Gasteiger partial charge in [0.1, 0.15) is 6.29 Å². The lowest BCUT2D eigenvalue weighted by Gasteiger charge is -2.27. The molecule has 172 valence electrons. The van der Waals surface area contributed by atoms with Crippen molar-refractivity contribution in [2.75, 3.05) is 38.5 Å². The Balaban J connectivity index is 0.000000172. The van der Waals surface area contributed by atoms with Gasteiger partial charge in [-0.2, -0.15) is 0 Å². The zero-order chi connectivity index (χ0) is 23.5. The van der Waals surface area contributed by atoms with Gasteiger partial charge in [-0.1, -0.05) is 45.6 Å². The number of hydrogen-bond donors (Lipinski definition) is 2. The molecular formula is C23H29BrN3O4P. The minimum absolute atomic E-state index is 0.171. The molecule has 0 radical (unpaired) electrons. The summed E-state index contributed by atoms with van der Waals surface area (Å²) in [6, 6.07) is 13.9. The van der Waals surface area contributed by atoms with Crippen molar-refractivity contribution in [1.29, 1.82) is 0 Å². The van der Waals surface area contributed by atoms with E-state index < -0.39 is 8.03 Å². The van der Waals surface area contributed by atoms with Crippen LogP contribution in [0.3, 0.4) is 0 Å². The number of amides is 1. The quantitative estimate of drug-likeness (QED) is 0.473. The lowest BCUT2D eigenvalue weighted by molar-refractivity contribution is -0.160. The smallest absolute Gasteiger partial charge is 0.348 e. The van der Waals surface area contributed by atoms with Gasteiger partial charge in [-0.25, -0.2) is 0 Å². The summed E-state index contributed by atoms with van der Waals surface area (Å²) in [5, 5.41) is 6.45. The van der Waals surface area contributed by atoms with Crippen LogP contribution in [0, 0.1) is 11.8 Å². The van der Waals surface area contributed by atoms with Crippen LogP contribution in [0.1, 0.15) is 23.7 Å². The molecule has 2 aromatic rings. The van der Waals surface area contributed by atoms with Crippen molar-refractivity contribution in [2.45, 2.75) is 13.3 Å². The standard InChI is InChI=1S/C9H16N2O.C7H8BrN.C7H5O3P/c1-7-6-8(7)9(12)11-4-2-10-3-5-11;1-9-7-4-2-3-6(8)5-7;8-5-6-2-1-3-7(4-6)11(9)10/h7-8,10H,2-6H2,1H3;2-5,9H,1H3;1-5H. The van der Waals surface area contributed by atoms with Crippen LogP contribution in [0.25, 0.3) is 0 Å². The van der Waals surface area contributed by atoms with Gasteiger partial charge >= 0.3 is 8.03 Å². The lowest BCUT2D eigenvalue weighted by Crippen LogP contribution is -2.47. The topological polar surface area (TPSA) is 102 Å². The highest BCUT2D eigenvalue weighted by molar-refractivity contribution is 9.10. The van der Waals surface area contributed by atoms with E-state index in [4.69, 9.17) is 0 Å². The van der Waals surface area contributed by atoms with E-state index in [2.05, 4.69) is 33.5 Å². The summed E-state index contributed by atoms with van der Waals surface area (Å²) >= 11 is 3.36. The third kappa shape index (κ3) is 8.79. The Hall–Kier alpha value is -2.12. The Bertz CT molecular complexity index is 922. The fraction of sp³-hybridized carbons (Fsp3) is 0.391. The normalized spacial score (nSPS) is 19.4.